The highest BCUT2D eigenvalue weighted by Gasteiger charge is 2.37. The first-order valence-corrected chi connectivity index (χ1v) is 6.58. The number of aromatic amines is 1. The predicted molar refractivity (Wildman–Crippen MR) is 72.7 cm³/mol. The van der Waals surface area contributed by atoms with Crippen LogP contribution in [0, 0.1) is 6.92 Å². The van der Waals surface area contributed by atoms with Crippen LogP contribution in [0.15, 0.2) is 24.3 Å². The molecule has 7 nitrogen and oxygen atoms in total. The van der Waals surface area contributed by atoms with Gasteiger partial charge >= 0.3 is 5.97 Å². The number of carbonyl (C=O) groups excluding carboxylic acids is 1. The molecule has 1 atom stereocenters. The maximum absolute atomic E-state index is 12.5. The van der Waals surface area contributed by atoms with Crippen molar-refractivity contribution in [3.63, 3.8) is 0 Å². The van der Waals surface area contributed by atoms with Crippen molar-refractivity contribution in [1.82, 2.24) is 20.1 Å². The lowest BCUT2D eigenvalue weighted by atomic mass is 9.92. The number of rotatable bonds is 2. The van der Waals surface area contributed by atoms with Crippen LogP contribution in [-0.2, 0) is 11.2 Å². The molecule has 0 radical (unpaired) electrons. The molecule has 21 heavy (non-hydrogen) atoms. The molecule has 1 aliphatic rings. The van der Waals surface area contributed by atoms with Crippen LogP contribution >= 0.6 is 0 Å². The van der Waals surface area contributed by atoms with Gasteiger partial charge in [-0.3, -0.25) is 9.89 Å². The lowest BCUT2D eigenvalue weighted by Crippen LogP contribution is -2.43. The SMILES string of the molecule is Cc1nc(C(=O)N2CCc3ccccc3C2C(=O)O)n[nH]1. The molecule has 1 aromatic heterocycles. The minimum atomic E-state index is -1.05. The van der Waals surface area contributed by atoms with Gasteiger partial charge in [0.15, 0.2) is 6.04 Å². The van der Waals surface area contributed by atoms with Crippen molar-refractivity contribution in [2.75, 3.05) is 6.54 Å². The van der Waals surface area contributed by atoms with Gasteiger partial charge in [0.25, 0.3) is 5.91 Å². The van der Waals surface area contributed by atoms with Crippen LogP contribution in [0.4, 0.5) is 0 Å². The second-order valence-electron chi connectivity index (χ2n) is 4.93. The molecule has 0 spiro atoms. The zero-order valence-corrected chi connectivity index (χ0v) is 11.4. The van der Waals surface area contributed by atoms with E-state index >= 15 is 0 Å². The first-order valence-electron chi connectivity index (χ1n) is 6.58. The summed E-state index contributed by atoms with van der Waals surface area (Å²) in [7, 11) is 0. The minimum Gasteiger partial charge on any atom is -0.479 e. The number of aromatic nitrogens is 3. The Morgan fingerprint density at radius 1 is 1.38 bits per heavy atom. The molecule has 0 saturated carbocycles. The molecule has 1 aromatic carbocycles. The van der Waals surface area contributed by atoms with E-state index in [1.54, 1.807) is 19.1 Å². The van der Waals surface area contributed by atoms with Gasteiger partial charge < -0.3 is 10.0 Å². The third-order valence-electron chi connectivity index (χ3n) is 3.57. The quantitative estimate of drug-likeness (QED) is 0.855. The van der Waals surface area contributed by atoms with E-state index in [0.29, 0.717) is 24.4 Å². The third kappa shape index (κ3) is 2.26. The largest absolute Gasteiger partial charge is 0.479 e. The molecule has 2 N–H and O–H groups in total. The van der Waals surface area contributed by atoms with Crippen LogP contribution in [0.25, 0.3) is 0 Å². The first-order chi connectivity index (χ1) is 10.1. The number of amides is 1. The molecule has 3 rings (SSSR count). The minimum absolute atomic E-state index is 0.00173. The number of carboxylic acid groups (broad SMARTS) is 1. The fourth-order valence-corrected chi connectivity index (χ4v) is 2.62. The van der Waals surface area contributed by atoms with Gasteiger partial charge in [-0.15, -0.1) is 5.10 Å². The molecular weight excluding hydrogens is 272 g/mol. The topological polar surface area (TPSA) is 99.2 Å². The van der Waals surface area contributed by atoms with Crippen molar-refractivity contribution in [2.45, 2.75) is 19.4 Å². The Balaban J connectivity index is 1.99. The second kappa shape index (κ2) is 5.01. The zero-order chi connectivity index (χ0) is 15.0. The summed E-state index contributed by atoms with van der Waals surface area (Å²) in [6, 6.07) is 6.29. The molecule has 1 aliphatic heterocycles. The Bertz CT molecular complexity index is 710. The van der Waals surface area contributed by atoms with Crippen LogP contribution in [0.1, 0.15) is 33.6 Å². The molecule has 0 aliphatic carbocycles. The van der Waals surface area contributed by atoms with E-state index < -0.39 is 17.9 Å². The van der Waals surface area contributed by atoms with E-state index in [0.717, 1.165) is 5.56 Å². The second-order valence-corrected chi connectivity index (χ2v) is 4.93. The molecular formula is C14H14N4O3. The van der Waals surface area contributed by atoms with Crippen LogP contribution in [0.3, 0.4) is 0 Å². The summed E-state index contributed by atoms with van der Waals surface area (Å²) >= 11 is 0. The van der Waals surface area contributed by atoms with E-state index in [9.17, 15) is 14.7 Å². The predicted octanol–water partition coefficient (Wildman–Crippen LogP) is 0.937. The first kappa shape index (κ1) is 13.3. The van der Waals surface area contributed by atoms with Crippen molar-refractivity contribution in [1.29, 1.82) is 0 Å². The molecule has 108 valence electrons. The van der Waals surface area contributed by atoms with Gasteiger partial charge in [-0.05, 0) is 24.5 Å². The van der Waals surface area contributed by atoms with Gasteiger partial charge in [-0.2, -0.15) is 0 Å². The fraction of sp³-hybridized carbons (Fsp3) is 0.286. The normalized spacial score (nSPS) is 17.4. The van der Waals surface area contributed by atoms with Gasteiger partial charge in [0.2, 0.25) is 5.82 Å². The summed E-state index contributed by atoms with van der Waals surface area (Å²) < 4.78 is 0. The number of benzene rings is 1. The number of hydrogen-bond acceptors (Lipinski definition) is 4. The smallest absolute Gasteiger partial charge is 0.331 e. The number of nitrogens with one attached hydrogen (secondary N) is 1. The molecule has 0 bridgehead atoms. The number of fused-ring (bicyclic) bond motifs is 1. The number of nitrogens with zero attached hydrogens (tertiary/aromatic N) is 3. The van der Waals surface area contributed by atoms with E-state index in [4.69, 9.17) is 0 Å². The van der Waals surface area contributed by atoms with Crippen molar-refractivity contribution in [3.8, 4) is 0 Å². The highest BCUT2D eigenvalue weighted by Crippen LogP contribution is 2.30. The summed E-state index contributed by atoms with van der Waals surface area (Å²) in [5.74, 6) is -1.01. The van der Waals surface area contributed by atoms with E-state index in [1.807, 2.05) is 12.1 Å². The lowest BCUT2D eigenvalue weighted by molar-refractivity contribution is -0.143. The fourth-order valence-electron chi connectivity index (χ4n) is 2.62. The van der Waals surface area contributed by atoms with Crippen molar-refractivity contribution in [2.24, 2.45) is 0 Å². The number of carbonyl (C=O) groups is 2. The summed E-state index contributed by atoms with van der Waals surface area (Å²) in [4.78, 5) is 29.4. The summed E-state index contributed by atoms with van der Waals surface area (Å²) in [6.07, 6.45) is 0.620. The van der Waals surface area contributed by atoms with Gasteiger partial charge in [0.05, 0.1) is 0 Å². The average Bonchev–Trinajstić information content (AvgIpc) is 2.91. The molecule has 0 saturated heterocycles. The van der Waals surface area contributed by atoms with E-state index in [-0.39, 0.29) is 5.82 Å². The summed E-state index contributed by atoms with van der Waals surface area (Å²) in [5.41, 5.74) is 1.61. The Morgan fingerprint density at radius 3 is 2.81 bits per heavy atom. The molecule has 7 heteroatoms. The number of aryl methyl sites for hydroxylation is 1. The molecule has 1 amide bonds. The lowest BCUT2D eigenvalue weighted by Gasteiger charge is -2.33. The summed E-state index contributed by atoms with van der Waals surface area (Å²) in [5, 5.41) is 15.9. The Kier molecular flexibility index (Phi) is 3.17. The Labute approximate surface area is 120 Å². The maximum Gasteiger partial charge on any atom is 0.331 e. The van der Waals surface area contributed by atoms with Crippen molar-refractivity contribution >= 4 is 11.9 Å². The highest BCUT2D eigenvalue weighted by molar-refractivity contribution is 5.94. The van der Waals surface area contributed by atoms with Crippen LogP contribution < -0.4 is 0 Å². The Hall–Kier alpha value is -2.70. The molecule has 1 unspecified atom stereocenters. The van der Waals surface area contributed by atoms with Gasteiger partial charge in [-0.25, -0.2) is 9.78 Å². The van der Waals surface area contributed by atoms with E-state index in [2.05, 4.69) is 15.2 Å². The average molecular weight is 286 g/mol. The van der Waals surface area contributed by atoms with Gasteiger partial charge in [0.1, 0.15) is 5.82 Å². The summed E-state index contributed by atoms with van der Waals surface area (Å²) in [6.45, 7) is 2.02. The van der Waals surface area contributed by atoms with Crippen LogP contribution in [-0.4, -0.2) is 43.6 Å². The maximum atomic E-state index is 12.5. The Morgan fingerprint density at radius 2 is 2.14 bits per heavy atom. The number of hydrogen-bond donors (Lipinski definition) is 2. The van der Waals surface area contributed by atoms with E-state index in [1.165, 1.54) is 4.90 Å². The van der Waals surface area contributed by atoms with Crippen molar-refractivity contribution in [3.05, 3.63) is 47.0 Å². The zero-order valence-electron chi connectivity index (χ0n) is 11.4. The molecule has 0 fully saturated rings. The number of carboxylic acids is 1. The monoisotopic (exact) mass is 286 g/mol. The van der Waals surface area contributed by atoms with Crippen LogP contribution in [0.5, 0.6) is 0 Å². The highest BCUT2D eigenvalue weighted by atomic mass is 16.4. The molecule has 2 heterocycles. The number of aliphatic carboxylic acids is 1. The van der Waals surface area contributed by atoms with Gasteiger partial charge in [0, 0.05) is 6.54 Å². The standard InChI is InChI=1S/C14H14N4O3/c1-8-15-12(17-16-8)13(19)18-7-6-9-4-2-3-5-10(9)11(18)14(20)21/h2-5,11H,6-7H2,1H3,(H,20,21)(H,15,16,17). The van der Waals surface area contributed by atoms with Crippen molar-refractivity contribution < 1.29 is 14.7 Å². The third-order valence-corrected chi connectivity index (χ3v) is 3.57. The number of H-pyrrole nitrogens is 1. The molecule has 2 aromatic rings. The van der Waals surface area contributed by atoms with Crippen LogP contribution in [0.2, 0.25) is 0 Å². The van der Waals surface area contributed by atoms with Gasteiger partial charge in [-0.1, -0.05) is 24.3 Å².